The van der Waals surface area contributed by atoms with Crippen LogP contribution in [0.25, 0.3) is 0 Å². The molecule has 29 heavy (non-hydrogen) atoms. The second kappa shape index (κ2) is 8.39. The predicted molar refractivity (Wildman–Crippen MR) is 112 cm³/mol. The molecule has 1 aromatic carbocycles. The van der Waals surface area contributed by atoms with Gasteiger partial charge in [-0.15, -0.1) is 0 Å². The molecule has 0 unspecified atom stereocenters. The minimum atomic E-state index is -0.182. The van der Waals surface area contributed by atoms with Crippen molar-refractivity contribution in [2.24, 2.45) is 23.2 Å². The van der Waals surface area contributed by atoms with Gasteiger partial charge in [0.25, 0.3) is 0 Å². The molecule has 0 radical (unpaired) electrons. The van der Waals surface area contributed by atoms with E-state index in [1.54, 1.807) is 0 Å². The van der Waals surface area contributed by atoms with Crippen LogP contribution in [-0.2, 0) is 14.2 Å². The van der Waals surface area contributed by atoms with Gasteiger partial charge in [0, 0.05) is 11.8 Å². The number of fused-ring (bicyclic) bond motifs is 1. The van der Waals surface area contributed by atoms with Crippen LogP contribution >= 0.6 is 0 Å². The van der Waals surface area contributed by atoms with Crippen LogP contribution in [0.5, 0.6) is 0 Å². The Hall–Kier alpha value is -1.39. The van der Waals surface area contributed by atoms with Crippen LogP contribution in [0.2, 0.25) is 0 Å². The first kappa shape index (κ1) is 20.9. The summed E-state index contributed by atoms with van der Waals surface area (Å²) in [7, 11) is 0. The molecule has 0 aromatic heterocycles. The molecule has 4 heteroatoms. The van der Waals surface area contributed by atoms with Gasteiger partial charge < -0.3 is 14.2 Å². The molecule has 7 atom stereocenters. The summed E-state index contributed by atoms with van der Waals surface area (Å²) < 4.78 is 18.5. The number of esters is 1. The molecule has 1 saturated heterocycles. The van der Waals surface area contributed by atoms with Crippen LogP contribution in [0, 0.1) is 23.2 Å². The van der Waals surface area contributed by atoms with Crippen molar-refractivity contribution in [3.05, 3.63) is 35.9 Å². The van der Waals surface area contributed by atoms with Gasteiger partial charge in [0.1, 0.15) is 6.10 Å². The molecule has 3 aliphatic rings. The van der Waals surface area contributed by atoms with E-state index in [0.29, 0.717) is 23.3 Å². The molecule has 3 fully saturated rings. The summed E-state index contributed by atoms with van der Waals surface area (Å²) in [6.07, 6.45) is 6.93. The Kier molecular flexibility index (Phi) is 6.04. The molecule has 2 saturated carbocycles. The average molecular weight is 401 g/mol. The van der Waals surface area contributed by atoms with Crippen molar-refractivity contribution in [1.82, 2.24) is 0 Å². The smallest absolute Gasteiger partial charge is 0.338 e. The van der Waals surface area contributed by atoms with E-state index in [2.05, 4.69) is 27.7 Å². The monoisotopic (exact) mass is 400 g/mol. The maximum atomic E-state index is 12.7. The molecule has 160 valence electrons. The summed E-state index contributed by atoms with van der Waals surface area (Å²) >= 11 is 0. The average Bonchev–Trinajstić information content (AvgIpc) is 3.05. The topological polar surface area (TPSA) is 44.8 Å². The van der Waals surface area contributed by atoms with Crippen LogP contribution in [0.3, 0.4) is 0 Å². The minimum absolute atomic E-state index is 0.0182. The number of carbonyl (C=O) groups excluding carboxylic acids is 1. The zero-order valence-electron chi connectivity index (χ0n) is 18.3. The molecule has 0 spiro atoms. The number of benzene rings is 1. The Morgan fingerprint density at radius 3 is 2.48 bits per heavy atom. The van der Waals surface area contributed by atoms with Gasteiger partial charge in [-0.2, -0.15) is 0 Å². The first-order chi connectivity index (χ1) is 13.9. The highest BCUT2D eigenvalue weighted by Crippen LogP contribution is 2.59. The number of hydrogen-bond donors (Lipinski definition) is 0. The lowest BCUT2D eigenvalue weighted by molar-refractivity contribution is -0.264. The van der Waals surface area contributed by atoms with Gasteiger partial charge in [0.2, 0.25) is 0 Å². The highest BCUT2D eigenvalue weighted by molar-refractivity contribution is 5.89. The molecular formula is C25H36O4. The molecule has 0 N–H and O–H groups in total. The highest BCUT2D eigenvalue weighted by Gasteiger charge is 2.55. The quantitative estimate of drug-likeness (QED) is 0.617. The van der Waals surface area contributed by atoms with E-state index in [4.69, 9.17) is 14.2 Å². The van der Waals surface area contributed by atoms with E-state index in [9.17, 15) is 4.79 Å². The zero-order valence-corrected chi connectivity index (χ0v) is 18.3. The van der Waals surface area contributed by atoms with Gasteiger partial charge in [0.15, 0.2) is 6.29 Å². The Balaban J connectivity index is 1.46. The summed E-state index contributed by atoms with van der Waals surface area (Å²) in [5.41, 5.74) is 0.824. The van der Waals surface area contributed by atoms with Crippen LogP contribution in [0.15, 0.2) is 30.3 Å². The molecular weight excluding hydrogens is 364 g/mol. The lowest BCUT2D eigenvalue weighted by Gasteiger charge is -2.48. The van der Waals surface area contributed by atoms with Gasteiger partial charge in [-0.3, -0.25) is 0 Å². The summed E-state index contributed by atoms with van der Waals surface area (Å²) in [5.74, 6) is 1.12. The Morgan fingerprint density at radius 2 is 1.79 bits per heavy atom. The minimum Gasteiger partial charge on any atom is -0.458 e. The number of rotatable bonds is 4. The maximum Gasteiger partial charge on any atom is 0.338 e. The normalized spacial score (nSPS) is 40.8. The molecule has 1 heterocycles. The number of ether oxygens (including phenoxy) is 3. The fourth-order valence-corrected chi connectivity index (χ4v) is 6.45. The van der Waals surface area contributed by atoms with Crippen molar-refractivity contribution in [1.29, 1.82) is 0 Å². The second-order valence-electron chi connectivity index (χ2n) is 9.85. The fourth-order valence-electron chi connectivity index (χ4n) is 6.45. The van der Waals surface area contributed by atoms with E-state index >= 15 is 0 Å². The third-order valence-electron chi connectivity index (χ3n) is 7.86. The van der Waals surface area contributed by atoms with Gasteiger partial charge in [-0.05, 0) is 75.8 Å². The van der Waals surface area contributed by atoms with Crippen LogP contribution in [-0.4, -0.2) is 30.6 Å². The molecule has 4 rings (SSSR count). The Morgan fingerprint density at radius 1 is 1.10 bits per heavy atom. The van der Waals surface area contributed by atoms with Crippen molar-refractivity contribution in [3.8, 4) is 0 Å². The molecule has 4 nitrogen and oxygen atoms in total. The summed E-state index contributed by atoms with van der Waals surface area (Å²) in [5, 5.41) is 0. The van der Waals surface area contributed by atoms with Gasteiger partial charge in [0.05, 0.1) is 17.8 Å². The van der Waals surface area contributed by atoms with E-state index in [1.165, 1.54) is 6.42 Å². The number of carbonyl (C=O) groups is 1. The largest absolute Gasteiger partial charge is 0.458 e. The van der Waals surface area contributed by atoms with Crippen LogP contribution in [0.1, 0.15) is 76.6 Å². The van der Waals surface area contributed by atoms with Crippen molar-refractivity contribution in [3.63, 3.8) is 0 Å². The SMILES string of the molecule is C[C@@H]1C[C@@H](C)OC([C@H](C)[C@H]2CC[C@H]3[C@@H](OC(=O)c4ccccc4)CCC[C@]23C)O1. The molecule has 2 aliphatic carbocycles. The van der Waals surface area contributed by atoms with Crippen molar-refractivity contribution in [2.75, 3.05) is 0 Å². The summed E-state index contributed by atoms with van der Waals surface area (Å²) in [6.45, 7) is 9.02. The van der Waals surface area contributed by atoms with E-state index < -0.39 is 0 Å². The van der Waals surface area contributed by atoms with Gasteiger partial charge >= 0.3 is 5.97 Å². The van der Waals surface area contributed by atoms with E-state index in [0.717, 1.165) is 32.1 Å². The maximum absolute atomic E-state index is 12.7. The van der Waals surface area contributed by atoms with Crippen LogP contribution in [0.4, 0.5) is 0 Å². The van der Waals surface area contributed by atoms with Crippen LogP contribution < -0.4 is 0 Å². The Labute approximate surface area is 175 Å². The fraction of sp³-hybridized carbons (Fsp3) is 0.720. The standard InChI is InChI=1S/C25H36O4/c1-16-15-17(2)28-24(27-16)18(3)20-12-13-21-22(11-8-14-25(20,21)4)29-23(26)19-9-6-5-7-10-19/h5-7,9-10,16-18,20-22,24H,8,11-15H2,1-4H3/t16-,17-,18-,20-,21+,22+,25-/m1/s1. The van der Waals surface area contributed by atoms with Crippen molar-refractivity contribution >= 4 is 5.97 Å². The first-order valence-corrected chi connectivity index (χ1v) is 11.5. The third-order valence-corrected chi connectivity index (χ3v) is 7.86. The molecule has 0 bridgehead atoms. The van der Waals surface area contributed by atoms with E-state index in [1.807, 2.05) is 30.3 Å². The van der Waals surface area contributed by atoms with Crippen molar-refractivity contribution in [2.45, 2.75) is 90.8 Å². The highest BCUT2D eigenvalue weighted by atomic mass is 16.7. The van der Waals surface area contributed by atoms with Crippen molar-refractivity contribution < 1.29 is 19.0 Å². The predicted octanol–water partition coefficient (Wildman–Crippen LogP) is 5.60. The summed E-state index contributed by atoms with van der Waals surface area (Å²) in [6, 6.07) is 9.38. The lowest BCUT2D eigenvalue weighted by atomic mass is 9.61. The first-order valence-electron chi connectivity index (χ1n) is 11.5. The Bertz CT molecular complexity index is 694. The number of hydrogen-bond acceptors (Lipinski definition) is 4. The molecule has 0 amide bonds. The third kappa shape index (κ3) is 4.11. The summed E-state index contributed by atoms with van der Waals surface area (Å²) in [4.78, 5) is 12.7. The second-order valence-corrected chi connectivity index (χ2v) is 9.85. The lowest BCUT2D eigenvalue weighted by Crippen LogP contribution is -2.47. The molecule has 1 aliphatic heterocycles. The van der Waals surface area contributed by atoms with Gasteiger partial charge in [-0.1, -0.05) is 32.0 Å². The van der Waals surface area contributed by atoms with E-state index in [-0.39, 0.29) is 36.0 Å². The molecule has 1 aromatic rings. The van der Waals surface area contributed by atoms with Gasteiger partial charge in [-0.25, -0.2) is 4.79 Å². The zero-order chi connectivity index (χ0) is 20.6.